The molecule has 0 aliphatic carbocycles. The van der Waals surface area contributed by atoms with Gasteiger partial charge in [0.05, 0.1) is 18.4 Å². The van der Waals surface area contributed by atoms with Crippen molar-refractivity contribution in [1.82, 2.24) is 9.78 Å². The molecule has 6 heteroatoms. The minimum atomic E-state index is -0.313. The molecule has 1 aromatic heterocycles. The van der Waals surface area contributed by atoms with Gasteiger partial charge in [0.15, 0.2) is 0 Å². The van der Waals surface area contributed by atoms with Crippen molar-refractivity contribution in [3.05, 3.63) is 46.2 Å². The first-order valence-electron chi connectivity index (χ1n) is 6.28. The fourth-order valence-corrected chi connectivity index (χ4v) is 2.28. The second-order valence-electron chi connectivity index (χ2n) is 4.29. The van der Waals surface area contributed by atoms with Gasteiger partial charge < -0.3 is 10.1 Å². The predicted octanol–water partition coefficient (Wildman–Crippen LogP) is 2.97. The number of benzene rings is 1. The van der Waals surface area contributed by atoms with Gasteiger partial charge in [0, 0.05) is 35.5 Å². The molecule has 0 fully saturated rings. The van der Waals surface area contributed by atoms with E-state index in [2.05, 4.69) is 26.3 Å². The maximum Gasteiger partial charge on any atom is 0.338 e. The quantitative estimate of drug-likeness (QED) is 0.852. The Labute approximate surface area is 126 Å². The van der Waals surface area contributed by atoms with Crippen LogP contribution in [0, 0.1) is 0 Å². The molecular formula is C14H16BrN3O2. The number of halogens is 1. The molecule has 1 aromatic carbocycles. The summed E-state index contributed by atoms with van der Waals surface area (Å²) < 4.78 is 7.55. The van der Waals surface area contributed by atoms with Gasteiger partial charge in [0.1, 0.15) is 0 Å². The third-order valence-corrected chi connectivity index (χ3v) is 3.38. The average Bonchev–Trinajstić information content (AvgIpc) is 2.83. The van der Waals surface area contributed by atoms with Gasteiger partial charge in [-0.2, -0.15) is 5.10 Å². The highest BCUT2D eigenvalue weighted by Gasteiger charge is 2.09. The number of hydrogen-bond acceptors (Lipinski definition) is 4. The summed E-state index contributed by atoms with van der Waals surface area (Å²) in [5, 5.41) is 7.40. The van der Waals surface area contributed by atoms with Crippen molar-refractivity contribution >= 4 is 27.6 Å². The lowest BCUT2D eigenvalue weighted by atomic mass is 10.2. The Bertz CT molecular complexity index is 610. The number of nitrogens with zero attached hydrogens (tertiary/aromatic N) is 2. The average molecular weight is 338 g/mol. The fraction of sp³-hybridized carbons (Fsp3) is 0.286. The zero-order valence-corrected chi connectivity index (χ0v) is 13.0. The molecule has 0 radical (unpaired) electrons. The first-order chi connectivity index (χ1) is 9.60. The molecule has 0 saturated carbocycles. The summed E-state index contributed by atoms with van der Waals surface area (Å²) in [6.07, 6.45) is 3.77. The molecule has 0 aliphatic heterocycles. The van der Waals surface area contributed by atoms with E-state index in [9.17, 15) is 4.79 Å². The van der Waals surface area contributed by atoms with E-state index in [1.54, 1.807) is 23.7 Å². The van der Waals surface area contributed by atoms with Crippen molar-refractivity contribution < 1.29 is 9.53 Å². The van der Waals surface area contributed by atoms with Gasteiger partial charge in [-0.1, -0.05) is 0 Å². The Morgan fingerprint density at radius 1 is 1.50 bits per heavy atom. The molecule has 0 aliphatic rings. The molecular weight excluding hydrogens is 322 g/mol. The summed E-state index contributed by atoms with van der Waals surface area (Å²) >= 11 is 3.45. The smallest absolute Gasteiger partial charge is 0.338 e. The van der Waals surface area contributed by atoms with Crippen molar-refractivity contribution in [3.8, 4) is 0 Å². The largest absolute Gasteiger partial charge is 0.462 e. The van der Waals surface area contributed by atoms with Gasteiger partial charge >= 0.3 is 5.97 Å². The van der Waals surface area contributed by atoms with Crippen molar-refractivity contribution in [2.45, 2.75) is 13.5 Å². The van der Waals surface area contributed by atoms with E-state index in [1.807, 2.05) is 25.5 Å². The number of ether oxygens (including phenoxy) is 1. The first kappa shape index (κ1) is 14.6. The summed E-state index contributed by atoms with van der Waals surface area (Å²) in [6, 6.07) is 5.35. The summed E-state index contributed by atoms with van der Waals surface area (Å²) in [6.45, 7) is 2.83. The zero-order chi connectivity index (χ0) is 14.5. The van der Waals surface area contributed by atoms with Crippen LogP contribution >= 0.6 is 15.9 Å². The molecule has 106 valence electrons. The molecule has 0 saturated heterocycles. The van der Waals surface area contributed by atoms with Crippen LogP contribution in [0.2, 0.25) is 0 Å². The monoisotopic (exact) mass is 337 g/mol. The van der Waals surface area contributed by atoms with Crippen LogP contribution in [0.3, 0.4) is 0 Å². The molecule has 2 rings (SSSR count). The highest BCUT2D eigenvalue weighted by molar-refractivity contribution is 9.10. The van der Waals surface area contributed by atoms with E-state index in [0.717, 1.165) is 15.7 Å². The first-order valence-corrected chi connectivity index (χ1v) is 7.07. The molecule has 0 amide bonds. The van der Waals surface area contributed by atoms with Crippen molar-refractivity contribution in [3.63, 3.8) is 0 Å². The van der Waals surface area contributed by atoms with Gasteiger partial charge in [-0.25, -0.2) is 4.79 Å². The maximum atomic E-state index is 11.6. The van der Waals surface area contributed by atoms with E-state index in [4.69, 9.17) is 4.74 Å². The summed E-state index contributed by atoms with van der Waals surface area (Å²) in [7, 11) is 1.88. The topological polar surface area (TPSA) is 56.1 Å². The third kappa shape index (κ3) is 3.60. The SMILES string of the molecule is CCOC(=O)c1ccc(NCc2cnn(C)c2)c(Br)c1. The number of aromatic nitrogens is 2. The van der Waals surface area contributed by atoms with Crippen molar-refractivity contribution in [2.75, 3.05) is 11.9 Å². The van der Waals surface area contributed by atoms with E-state index in [1.165, 1.54) is 0 Å². The van der Waals surface area contributed by atoms with Gasteiger partial charge in [0.25, 0.3) is 0 Å². The lowest BCUT2D eigenvalue weighted by Gasteiger charge is -2.09. The molecule has 0 atom stereocenters. The van der Waals surface area contributed by atoms with Crippen molar-refractivity contribution in [1.29, 1.82) is 0 Å². The van der Waals surface area contributed by atoms with Crippen LogP contribution in [-0.4, -0.2) is 22.4 Å². The summed E-state index contributed by atoms with van der Waals surface area (Å²) in [4.78, 5) is 11.6. The Morgan fingerprint density at radius 3 is 2.90 bits per heavy atom. The zero-order valence-electron chi connectivity index (χ0n) is 11.4. The number of rotatable bonds is 5. The maximum absolute atomic E-state index is 11.6. The van der Waals surface area contributed by atoms with Gasteiger partial charge in [-0.15, -0.1) is 0 Å². The fourth-order valence-electron chi connectivity index (χ4n) is 1.76. The number of hydrogen-bond donors (Lipinski definition) is 1. The highest BCUT2D eigenvalue weighted by Crippen LogP contribution is 2.24. The Hall–Kier alpha value is -1.82. The standard InChI is InChI=1S/C14H16BrN3O2/c1-3-20-14(19)11-4-5-13(12(15)6-11)16-7-10-8-17-18(2)9-10/h4-6,8-9,16H,3,7H2,1-2H3. The number of aryl methyl sites for hydroxylation is 1. The summed E-state index contributed by atoms with van der Waals surface area (Å²) in [5.74, 6) is -0.313. The number of nitrogens with one attached hydrogen (secondary N) is 1. The van der Waals surface area contributed by atoms with Gasteiger partial charge in [0.2, 0.25) is 0 Å². The molecule has 1 heterocycles. The second kappa shape index (κ2) is 6.56. The molecule has 0 spiro atoms. The Balaban J connectivity index is 2.04. The van der Waals surface area contributed by atoms with Crippen LogP contribution in [-0.2, 0) is 18.3 Å². The molecule has 5 nitrogen and oxygen atoms in total. The molecule has 2 aromatic rings. The van der Waals surface area contributed by atoms with Crippen LogP contribution in [0.4, 0.5) is 5.69 Å². The number of carbonyl (C=O) groups excluding carboxylic acids is 1. The van der Waals surface area contributed by atoms with E-state index in [0.29, 0.717) is 18.7 Å². The van der Waals surface area contributed by atoms with Crippen LogP contribution < -0.4 is 5.32 Å². The number of esters is 1. The molecule has 0 bridgehead atoms. The van der Waals surface area contributed by atoms with Crippen molar-refractivity contribution in [2.24, 2.45) is 7.05 Å². The highest BCUT2D eigenvalue weighted by atomic mass is 79.9. The van der Waals surface area contributed by atoms with Gasteiger partial charge in [-0.05, 0) is 41.1 Å². The summed E-state index contributed by atoms with van der Waals surface area (Å²) in [5.41, 5.74) is 2.54. The minimum absolute atomic E-state index is 0.313. The normalized spacial score (nSPS) is 10.3. The van der Waals surface area contributed by atoms with Crippen LogP contribution in [0.1, 0.15) is 22.8 Å². The lowest BCUT2D eigenvalue weighted by molar-refractivity contribution is 0.0526. The molecule has 0 unspecified atom stereocenters. The van der Waals surface area contributed by atoms with Gasteiger partial charge in [-0.3, -0.25) is 4.68 Å². The van der Waals surface area contributed by atoms with Crippen LogP contribution in [0.25, 0.3) is 0 Å². The number of carbonyl (C=O) groups is 1. The molecule has 20 heavy (non-hydrogen) atoms. The van der Waals surface area contributed by atoms with E-state index >= 15 is 0 Å². The third-order valence-electron chi connectivity index (χ3n) is 2.72. The Kier molecular flexibility index (Phi) is 4.79. The predicted molar refractivity (Wildman–Crippen MR) is 80.6 cm³/mol. The number of anilines is 1. The molecule has 1 N–H and O–H groups in total. The second-order valence-corrected chi connectivity index (χ2v) is 5.15. The van der Waals surface area contributed by atoms with Crippen LogP contribution in [0.5, 0.6) is 0 Å². The lowest BCUT2D eigenvalue weighted by Crippen LogP contribution is -2.05. The van der Waals surface area contributed by atoms with Crippen LogP contribution in [0.15, 0.2) is 35.1 Å². The van der Waals surface area contributed by atoms with E-state index < -0.39 is 0 Å². The Morgan fingerprint density at radius 2 is 2.30 bits per heavy atom. The van der Waals surface area contributed by atoms with E-state index in [-0.39, 0.29) is 5.97 Å². The minimum Gasteiger partial charge on any atom is -0.462 e.